The quantitative estimate of drug-likeness (QED) is 0.0693. The SMILES string of the molecule is c1ccc(-c2cc(CNCCCNCCCNCC3CCCCC3)cc(CNCCCNCCCNCC3CCCCC3)c2)cc1. The minimum atomic E-state index is 0.915. The highest BCUT2D eigenvalue weighted by Gasteiger charge is 2.13. The highest BCUT2D eigenvalue weighted by molar-refractivity contribution is 5.65. The molecule has 0 saturated heterocycles. The third-order valence-corrected chi connectivity index (χ3v) is 9.96. The van der Waals surface area contributed by atoms with E-state index >= 15 is 0 Å². The smallest absolute Gasteiger partial charge is 0.0205 e. The molecule has 0 unspecified atom stereocenters. The van der Waals surface area contributed by atoms with Crippen LogP contribution in [0.4, 0.5) is 0 Å². The molecule has 46 heavy (non-hydrogen) atoms. The molecule has 6 N–H and O–H groups in total. The summed E-state index contributed by atoms with van der Waals surface area (Å²) in [5.41, 5.74) is 5.34. The maximum absolute atomic E-state index is 3.69. The molecule has 0 heterocycles. The standard InChI is InChI=1S/C40H68N6/c1-4-14-35(15-5-1)31-43-24-10-20-41-22-12-26-45-33-37-28-38(30-40(29-37)39-18-8-3-9-19-39)34-46-27-13-23-42-21-11-25-44-32-36-16-6-2-7-17-36/h3,8-9,18-19,28-30,35-36,41-46H,1-2,4-7,10-17,20-27,31-34H2. The molecule has 2 fully saturated rings. The Morgan fingerprint density at radius 2 is 0.826 bits per heavy atom. The molecule has 2 saturated carbocycles. The summed E-state index contributed by atoms with van der Waals surface area (Å²) >= 11 is 0. The van der Waals surface area contributed by atoms with Crippen LogP contribution >= 0.6 is 0 Å². The minimum absolute atomic E-state index is 0.915. The number of nitrogens with one attached hydrogen (secondary N) is 6. The van der Waals surface area contributed by atoms with Crippen molar-refractivity contribution in [2.75, 3.05) is 65.4 Å². The van der Waals surface area contributed by atoms with E-state index < -0.39 is 0 Å². The van der Waals surface area contributed by atoms with E-state index in [1.807, 2.05) is 0 Å². The molecule has 0 aromatic heterocycles. The van der Waals surface area contributed by atoms with Gasteiger partial charge >= 0.3 is 0 Å². The van der Waals surface area contributed by atoms with Crippen LogP contribution in [0.25, 0.3) is 11.1 Å². The van der Waals surface area contributed by atoms with Crippen molar-refractivity contribution < 1.29 is 0 Å². The Hall–Kier alpha value is -1.80. The van der Waals surface area contributed by atoms with Crippen molar-refractivity contribution in [2.24, 2.45) is 11.8 Å². The van der Waals surface area contributed by atoms with Gasteiger partial charge in [-0.3, -0.25) is 0 Å². The summed E-state index contributed by atoms with van der Waals surface area (Å²) in [6, 6.07) is 17.9. The van der Waals surface area contributed by atoms with Gasteiger partial charge < -0.3 is 31.9 Å². The first-order valence-corrected chi connectivity index (χ1v) is 19.3. The van der Waals surface area contributed by atoms with Gasteiger partial charge in [0.15, 0.2) is 0 Å². The number of rotatable bonds is 25. The molecule has 0 amide bonds. The molecule has 4 rings (SSSR count). The molecule has 0 bridgehead atoms. The van der Waals surface area contributed by atoms with Crippen molar-refractivity contribution in [3.05, 3.63) is 59.7 Å². The predicted octanol–water partition coefficient (Wildman–Crippen LogP) is 6.61. The van der Waals surface area contributed by atoms with Crippen LogP contribution in [0, 0.1) is 11.8 Å². The molecule has 2 aliphatic rings. The van der Waals surface area contributed by atoms with E-state index in [1.165, 1.54) is 112 Å². The van der Waals surface area contributed by atoms with Gasteiger partial charge in [0.1, 0.15) is 0 Å². The summed E-state index contributed by atoms with van der Waals surface area (Å²) in [4.78, 5) is 0. The Morgan fingerprint density at radius 1 is 0.413 bits per heavy atom. The van der Waals surface area contributed by atoms with Gasteiger partial charge in [-0.15, -0.1) is 0 Å². The zero-order valence-electron chi connectivity index (χ0n) is 29.2. The van der Waals surface area contributed by atoms with Gasteiger partial charge in [0.2, 0.25) is 0 Å². The lowest BCUT2D eigenvalue weighted by Crippen LogP contribution is -2.28. The van der Waals surface area contributed by atoms with E-state index in [9.17, 15) is 0 Å². The second-order valence-electron chi connectivity index (χ2n) is 14.1. The molecule has 0 radical (unpaired) electrons. The average Bonchev–Trinajstić information content (AvgIpc) is 3.11. The van der Waals surface area contributed by atoms with Crippen molar-refractivity contribution in [1.29, 1.82) is 0 Å². The van der Waals surface area contributed by atoms with Crippen molar-refractivity contribution in [2.45, 2.75) is 103 Å². The summed E-state index contributed by atoms with van der Waals surface area (Å²) in [5.74, 6) is 1.86. The average molecular weight is 633 g/mol. The fourth-order valence-electron chi connectivity index (χ4n) is 7.23. The van der Waals surface area contributed by atoms with E-state index in [4.69, 9.17) is 0 Å². The van der Waals surface area contributed by atoms with Crippen LogP contribution in [0.1, 0.15) is 101 Å². The molecule has 0 atom stereocenters. The number of hydrogen-bond acceptors (Lipinski definition) is 6. The van der Waals surface area contributed by atoms with Crippen LogP contribution in [0.15, 0.2) is 48.5 Å². The Balaban J connectivity index is 1.03. The summed E-state index contributed by atoms with van der Waals surface area (Å²) in [5, 5.41) is 22.0. The lowest BCUT2D eigenvalue weighted by Gasteiger charge is -2.21. The van der Waals surface area contributed by atoms with E-state index in [0.717, 1.165) is 90.1 Å². The summed E-state index contributed by atoms with van der Waals surface area (Å²) in [6.45, 7) is 13.0. The maximum atomic E-state index is 3.69. The molecular weight excluding hydrogens is 564 g/mol. The van der Waals surface area contributed by atoms with Crippen LogP contribution in [-0.2, 0) is 13.1 Å². The molecule has 2 aromatic rings. The topological polar surface area (TPSA) is 72.2 Å². The van der Waals surface area contributed by atoms with Crippen LogP contribution in [0.5, 0.6) is 0 Å². The molecule has 0 aliphatic heterocycles. The Kier molecular flexibility index (Phi) is 19.6. The maximum Gasteiger partial charge on any atom is 0.0205 e. The van der Waals surface area contributed by atoms with Crippen molar-refractivity contribution in [1.82, 2.24) is 31.9 Å². The van der Waals surface area contributed by atoms with Crippen LogP contribution < -0.4 is 31.9 Å². The van der Waals surface area contributed by atoms with Crippen LogP contribution in [0.2, 0.25) is 0 Å². The molecule has 6 nitrogen and oxygen atoms in total. The number of hydrogen-bond donors (Lipinski definition) is 6. The van der Waals surface area contributed by atoms with E-state index in [0.29, 0.717) is 0 Å². The van der Waals surface area contributed by atoms with Crippen LogP contribution in [-0.4, -0.2) is 65.4 Å². The van der Waals surface area contributed by atoms with Crippen LogP contribution in [0.3, 0.4) is 0 Å². The lowest BCUT2D eigenvalue weighted by atomic mass is 9.89. The van der Waals surface area contributed by atoms with Gasteiger partial charge in [-0.1, -0.05) is 74.9 Å². The molecular formula is C40H68N6. The Bertz CT molecular complexity index is 944. The van der Waals surface area contributed by atoms with Crippen molar-refractivity contribution in [3.8, 4) is 11.1 Å². The Labute approximate surface area is 282 Å². The van der Waals surface area contributed by atoms with Gasteiger partial charge in [0.25, 0.3) is 0 Å². The van der Waals surface area contributed by atoms with Gasteiger partial charge in [0.05, 0.1) is 0 Å². The Morgan fingerprint density at radius 3 is 1.28 bits per heavy atom. The monoisotopic (exact) mass is 633 g/mol. The molecule has 6 heteroatoms. The molecule has 0 spiro atoms. The van der Waals surface area contributed by atoms with Crippen molar-refractivity contribution >= 4 is 0 Å². The summed E-state index contributed by atoms with van der Waals surface area (Å²) in [7, 11) is 0. The predicted molar refractivity (Wildman–Crippen MR) is 198 cm³/mol. The summed E-state index contributed by atoms with van der Waals surface area (Å²) < 4.78 is 0. The van der Waals surface area contributed by atoms with E-state index in [2.05, 4.69) is 80.4 Å². The molecule has 2 aromatic carbocycles. The van der Waals surface area contributed by atoms with Gasteiger partial charge in [-0.2, -0.15) is 0 Å². The molecule has 258 valence electrons. The normalized spacial score (nSPS) is 16.3. The van der Waals surface area contributed by atoms with Crippen molar-refractivity contribution in [3.63, 3.8) is 0 Å². The van der Waals surface area contributed by atoms with Gasteiger partial charge in [0, 0.05) is 13.1 Å². The zero-order chi connectivity index (χ0) is 31.7. The third kappa shape index (κ3) is 16.3. The first-order chi connectivity index (χ1) is 22.9. The fraction of sp³-hybridized carbons (Fsp3) is 0.700. The first kappa shape index (κ1) is 37.0. The minimum Gasteiger partial charge on any atom is -0.317 e. The van der Waals surface area contributed by atoms with Gasteiger partial charge in [-0.05, 0) is 163 Å². The summed E-state index contributed by atoms with van der Waals surface area (Å²) in [6.07, 6.45) is 19.2. The fourth-order valence-corrected chi connectivity index (χ4v) is 7.23. The number of benzene rings is 2. The first-order valence-electron chi connectivity index (χ1n) is 19.3. The van der Waals surface area contributed by atoms with Gasteiger partial charge in [-0.25, -0.2) is 0 Å². The zero-order valence-corrected chi connectivity index (χ0v) is 29.2. The van der Waals surface area contributed by atoms with E-state index in [-0.39, 0.29) is 0 Å². The third-order valence-electron chi connectivity index (χ3n) is 9.96. The lowest BCUT2D eigenvalue weighted by molar-refractivity contribution is 0.342. The largest absolute Gasteiger partial charge is 0.317 e. The second-order valence-corrected chi connectivity index (χ2v) is 14.1. The second kappa shape index (κ2) is 24.4. The highest BCUT2D eigenvalue weighted by atomic mass is 14.9. The highest BCUT2D eigenvalue weighted by Crippen LogP contribution is 2.24. The molecule has 2 aliphatic carbocycles. The van der Waals surface area contributed by atoms with E-state index in [1.54, 1.807) is 0 Å².